The van der Waals surface area contributed by atoms with E-state index in [1.54, 1.807) is 21.3 Å². The van der Waals surface area contributed by atoms with Gasteiger partial charge >= 0.3 is 8.80 Å². The number of rotatable bonds is 4. The second-order valence-electron chi connectivity index (χ2n) is 2.37. The van der Waals surface area contributed by atoms with Crippen LogP contribution in [0.2, 0.25) is 5.54 Å². The van der Waals surface area contributed by atoms with Crippen LogP contribution in [-0.4, -0.2) is 41.1 Å². The van der Waals surface area contributed by atoms with Crippen molar-refractivity contribution in [2.75, 3.05) is 21.3 Å². The van der Waals surface area contributed by atoms with Crippen molar-refractivity contribution >= 4 is 19.8 Å². The average molecular weight is 196 g/mol. The Morgan fingerprint density at radius 3 is 1.18 bits per heavy atom. The molecule has 0 saturated carbocycles. The van der Waals surface area contributed by atoms with E-state index in [9.17, 15) is 0 Å². The molecule has 0 N–H and O–H groups in total. The van der Waals surface area contributed by atoms with Gasteiger partial charge in [-0.3, -0.25) is 0 Å². The Morgan fingerprint density at radius 1 is 0.909 bits per heavy atom. The second-order valence-corrected chi connectivity index (χ2v) is 5.96. The molecular weight excluding hydrogens is 176 g/mol. The summed E-state index contributed by atoms with van der Waals surface area (Å²) in [6, 6.07) is 0. The molecule has 0 aliphatic rings. The third kappa shape index (κ3) is 3.04. The van der Waals surface area contributed by atoms with E-state index >= 15 is 0 Å². The van der Waals surface area contributed by atoms with Gasteiger partial charge in [0.15, 0.2) is 0 Å². The molecule has 0 aromatic heterocycles. The van der Waals surface area contributed by atoms with Gasteiger partial charge in [0, 0.05) is 26.9 Å². The summed E-state index contributed by atoms with van der Waals surface area (Å²) in [7, 11) is 2.58. The maximum atomic E-state index is 5.19. The monoisotopic (exact) mass is 196 g/mol. The fraction of sp³-hybridized carbons (Fsp3) is 1.00. The zero-order valence-corrected chi connectivity index (χ0v) is 8.30. The molecule has 0 radical (unpaired) electrons. The molecule has 3 nitrogen and oxygen atoms in total. The normalized spacial score (nSPS) is 11.5. The Balaban J connectivity index is 0. The maximum absolute atomic E-state index is 5.19. The van der Waals surface area contributed by atoms with Crippen LogP contribution in [0, 0.1) is 0 Å². The first-order valence-corrected chi connectivity index (χ1v) is 5.08. The molecule has 0 fully saturated rings. The molecule has 11 heavy (non-hydrogen) atoms. The van der Waals surface area contributed by atoms with Gasteiger partial charge in [-0.2, -0.15) is 0 Å². The maximum Gasteiger partial charge on any atom is 0.502 e. The first-order chi connectivity index (χ1) is 4.63. The predicted molar refractivity (Wildman–Crippen MR) is 53.2 cm³/mol. The summed E-state index contributed by atoms with van der Waals surface area (Å²) in [6.07, 6.45) is 0. The van der Waals surface area contributed by atoms with Gasteiger partial charge in [-0.25, -0.2) is 0 Å². The highest BCUT2D eigenvalue weighted by molar-refractivity contribution is 6.62. The van der Waals surface area contributed by atoms with Gasteiger partial charge in [0.2, 0.25) is 0 Å². The summed E-state index contributed by atoms with van der Waals surface area (Å²) in [5, 5.41) is 0. The summed E-state index contributed by atoms with van der Waals surface area (Å²) in [6.45, 7) is 4.06. The molecule has 0 unspecified atom stereocenters. The van der Waals surface area contributed by atoms with Crippen LogP contribution < -0.4 is 0 Å². The molecule has 0 atom stereocenters. The highest BCUT2D eigenvalue weighted by Gasteiger charge is 2.41. The lowest BCUT2D eigenvalue weighted by molar-refractivity contribution is 0.115. The Bertz CT molecular complexity index is 85.6. The highest BCUT2D eigenvalue weighted by atomic mass is 28.4. The molecule has 0 aliphatic carbocycles. The van der Waals surface area contributed by atoms with Gasteiger partial charge in [0.05, 0.1) is 0 Å². The van der Waals surface area contributed by atoms with E-state index in [2.05, 4.69) is 0 Å². The van der Waals surface area contributed by atoms with Crippen LogP contribution in [0.25, 0.3) is 0 Å². The first-order valence-electron chi connectivity index (χ1n) is 3.28. The molecule has 70 valence electrons. The van der Waals surface area contributed by atoms with E-state index in [4.69, 9.17) is 13.3 Å². The molecule has 0 aliphatic heterocycles. The summed E-state index contributed by atoms with van der Waals surface area (Å²) >= 11 is 0. The van der Waals surface area contributed by atoms with Crippen LogP contribution in [0.15, 0.2) is 0 Å². The minimum atomic E-state index is -2.29. The van der Waals surface area contributed by atoms with E-state index in [-0.39, 0.29) is 11.0 Å². The average Bonchev–Trinajstić information content (AvgIpc) is 1.92. The third-order valence-electron chi connectivity index (χ3n) is 1.56. The number of hydrogen-bond acceptors (Lipinski definition) is 3. The van der Waals surface area contributed by atoms with Crippen LogP contribution in [0.3, 0.4) is 0 Å². The van der Waals surface area contributed by atoms with E-state index in [0.717, 1.165) is 0 Å². The van der Waals surface area contributed by atoms with Crippen LogP contribution in [0.1, 0.15) is 13.8 Å². The van der Waals surface area contributed by atoms with Crippen LogP contribution in [-0.2, 0) is 13.3 Å². The molecule has 0 rings (SSSR count). The van der Waals surface area contributed by atoms with Crippen molar-refractivity contribution in [1.29, 1.82) is 0 Å². The van der Waals surface area contributed by atoms with Gasteiger partial charge < -0.3 is 13.3 Å². The van der Waals surface area contributed by atoms with Crippen LogP contribution in [0.4, 0.5) is 0 Å². The zero-order chi connectivity index (χ0) is 8.20. The lowest BCUT2D eigenvalue weighted by Gasteiger charge is -2.27. The van der Waals surface area contributed by atoms with E-state index in [1.807, 2.05) is 13.8 Å². The Morgan fingerprint density at radius 2 is 1.18 bits per heavy atom. The molecule has 0 spiro atoms. The van der Waals surface area contributed by atoms with Crippen LogP contribution >= 0.6 is 0 Å². The van der Waals surface area contributed by atoms with Crippen molar-refractivity contribution in [3.05, 3.63) is 0 Å². The van der Waals surface area contributed by atoms with Crippen molar-refractivity contribution in [3.8, 4) is 0 Å². The van der Waals surface area contributed by atoms with Crippen molar-refractivity contribution < 1.29 is 13.3 Å². The highest BCUT2D eigenvalue weighted by Crippen LogP contribution is 2.21. The summed E-state index contributed by atoms with van der Waals surface area (Å²) in [5.41, 5.74) is 0.312. The van der Waals surface area contributed by atoms with Crippen molar-refractivity contribution in [1.82, 2.24) is 0 Å². The summed E-state index contributed by atoms with van der Waals surface area (Å²) in [4.78, 5) is 0. The SMILES string of the molecule is CO[Si](OC)(OC)C(C)C.[SiH4]. The van der Waals surface area contributed by atoms with Gasteiger partial charge in [0.25, 0.3) is 0 Å². The fourth-order valence-corrected chi connectivity index (χ4v) is 2.87. The zero-order valence-electron chi connectivity index (χ0n) is 7.30. The van der Waals surface area contributed by atoms with E-state index < -0.39 is 8.80 Å². The summed E-state index contributed by atoms with van der Waals surface area (Å²) in [5.74, 6) is 0. The molecule has 0 aromatic carbocycles. The van der Waals surface area contributed by atoms with Gasteiger partial charge in [0.1, 0.15) is 0 Å². The summed E-state index contributed by atoms with van der Waals surface area (Å²) < 4.78 is 15.6. The van der Waals surface area contributed by atoms with Crippen molar-refractivity contribution in [3.63, 3.8) is 0 Å². The Kier molecular flexibility index (Phi) is 7.44. The lowest BCUT2D eigenvalue weighted by Crippen LogP contribution is -2.45. The quantitative estimate of drug-likeness (QED) is 0.584. The first kappa shape index (κ1) is 13.9. The molecular formula is C6H20O3Si2. The minimum Gasteiger partial charge on any atom is -0.377 e. The van der Waals surface area contributed by atoms with E-state index in [1.165, 1.54) is 0 Å². The van der Waals surface area contributed by atoms with Crippen LogP contribution in [0.5, 0.6) is 0 Å². The fourth-order valence-electron chi connectivity index (χ4n) is 0.957. The van der Waals surface area contributed by atoms with Gasteiger partial charge in [-0.1, -0.05) is 13.8 Å². The predicted octanol–water partition coefficient (Wildman–Crippen LogP) is -0.177. The lowest BCUT2D eigenvalue weighted by atomic mass is 10.6. The topological polar surface area (TPSA) is 27.7 Å². The molecule has 0 heterocycles. The van der Waals surface area contributed by atoms with Gasteiger partial charge in [-0.05, 0) is 11.0 Å². The second kappa shape index (κ2) is 5.90. The molecule has 0 amide bonds. The molecule has 0 bridgehead atoms. The van der Waals surface area contributed by atoms with E-state index in [0.29, 0.717) is 5.54 Å². The minimum absolute atomic E-state index is 0. The third-order valence-corrected chi connectivity index (χ3v) is 4.68. The standard InChI is InChI=1S/C6H16O3Si.H4Si/c1-6(2)10(7-3,8-4)9-5;/h6H,1-5H3;1H4. The van der Waals surface area contributed by atoms with Gasteiger partial charge in [-0.15, -0.1) is 0 Å². The molecule has 0 saturated heterocycles. The van der Waals surface area contributed by atoms with Crippen molar-refractivity contribution in [2.45, 2.75) is 19.4 Å². The Hall–Kier alpha value is 0.314. The largest absolute Gasteiger partial charge is 0.502 e. The smallest absolute Gasteiger partial charge is 0.377 e. The number of hydrogen-bond donors (Lipinski definition) is 0. The molecule has 0 aromatic rings. The molecule has 5 heteroatoms. The van der Waals surface area contributed by atoms with Crippen molar-refractivity contribution in [2.24, 2.45) is 0 Å². The Labute approximate surface area is 74.4 Å².